The number of rotatable bonds is 5. The molecular formula is C27H24N8. The smallest absolute Gasteiger partial charge is 0.184 e. The van der Waals surface area contributed by atoms with Crippen molar-refractivity contribution in [2.75, 3.05) is 0 Å². The predicted octanol–water partition coefficient (Wildman–Crippen LogP) is 3.80. The summed E-state index contributed by atoms with van der Waals surface area (Å²) in [5.41, 5.74) is 13.7. The van der Waals surface area contributed by atoms with Gasteiger partial charge in [-0.05, 0) is 17.2 Å². The lowest BCUT2D eigenvalue weighted by Crippen LogP contribution is -2.22. The van der Waals surface area contributed by atoms with Crippen LogP contribution < -0.4 is 5.73 Å². The van der Waals surface area contributed by atoms with Crippen molar-refractivity contribution in [3.8, 4) is 11.4 Å². The maximum absolute atomic E-state index is 5.81. The number of hydrogen-bond acceptors (Lipinski definition) is 6. The number of H-pyrrole nitrogens is 1. The van der Waals surface area contributed by atoms with E-state index < -0.39 is 0 Å². The van der Waals surface area contributed by atoms with E-state index in [0.29, 0.717) is 18.2 Å². The van der Waals surface area contributed by atoms with Crippen molar-refractivity contribution < 1.29 is 0 Å². The van der Waals surface area contributed by atoms with Gasteiger partial charge in [-0.25, -0.2) is 4.98 Å². The van der Waals surface area contributed by atoms with E-state index in [1.807, 2.05) is 37.7 Å². The van der Waals surface area contributed by atoms with Gasteiger partial charge in [0.15, 0.2) is 11.6 Å². The highest BCUT2D eigenvalue weighted by Crippen LogP contribution is 2.36. The Labute approximate surface area is 202 Å². The average molecular weight is 461 g/mol. The summed E-state index contributed by atoms with van der Waals surface area (Å²) in [4.78, 5) is 14.7. The largest absolute Gasteiger partial charge is 0.326 e. The maximum atomic E-state index is 5.81. The van der Waals surface area contributed by atoms with E-state index in [2.05, 4.69) is 57.8 Å². The van der Waals surface area contributed by atoms with Crippen LogP contribution in [-0.2, 0) is 13.6 Å². The topological polar surface area (TPSA) is 110 Å². The van der Waals surface area contributed by atoms with Crippen molar-refractivity contribution in [3.63, 3.8) is 0 Å². The van der Waals surface area contributed by atoms with Crippen LogP contribution in [-0.4, -0.2) is 42.9 Å². The first-order valence-electron chi connectivity index (χ1n) is 11.5. The molecule has 4 aromatic rings. The van der Waals surface area contributed by atoms with Crippen LogP contribution in [0.3, 0.4) is 0 Å². The van der Waals surface area contributed by atoms with E-state index in [9.17, 15) is 0 Å². The lowest BCUT2D eigenvalue weighted by molar-refractivity contribution is 0.768. The van der Waals surface area contributed by atoms with Gasteiger partial charge < -0.3 is 5.73 Å². The predicted molar refractivity (Wildman–Crippen MR) is 138 cm³/mol. The van der Waals surface area contributed by atoms with Crippen molar-refractivity contribution in [2.45, 2.75) is 19.0 Å². The number of fused-ring (bicyclic) bond motifs is 1. The molecule has 0 bridgehead atoms. The van der Waals surface area contributed by atoms with Crippen LogP contribution in [0, 0.1) is 0 Å². The molecule has 0 spiro atoms. The molecule has 8 heteroatoms. The van der Waals surface area contributed by atoms with Crippen LogP contribution in [0.4, 0.5) is 0 Å². The van der Waals surface area contributed by atoms with E-state index in [1.54, 1.807) is 10.9 Å². The molecule has 6 rings (SSSR count). The summed E-state index contributed by atoms with van der Waals surface area (Å²) in [7, 11) is 1.87. The molecule has 0 amide bonds. The molecule has 0 saturated heterocycles. The molecule has 4 heterocycles. The highest BCUT2D eigenvalue weighted by molar-refractivity contribution is 6.33. The Bertz CT molecular complexity index is 1500. The molecule has 0 aliphatic carbocycles. The van der Waals surface area contributed by atoms with Crippen molar-refractivity contribution in [1.29, 1.82) is 0 Å². The fraction of sp³-hybridized carbons (Fsp3) is 0.148. The van der Waals surface area contributed by atoms with Gasteiger partial charge >= 0.3 is 0 Å². The number of aryl methyl sites for hydroxylation is 1. The second kappa shape index (κ2) is 8.73. The highest BCUT2D eigenvalue weighted by atomic mass is 15.3. The van der Waals surface area contributed by atoms with E-state index in [0.717, 1.165) is 51.2 Å². The Morgan fingerprint density at radius 2 is 1.86 bits per heavy atom. The van der Waals surface area contributed by atoms with Crippen LogP contribution in [0.1, 0.15) is 28.9 Å². The van der Waals surface area contributed by atoms with Crippen LogP contribution in [0.25, 0.3) is 22.7 Å². The van der Waals surface area contributed by atoms with Gasteiger partial charge in [0.05, 0.1) is 23.5 Å². The molecular weight excluding hydrogens is 436 g/mol. The molecule has 3 N–H and O–H groups in total. The van der Waals surface area contributed by atoms with Gasteiger partial charge in [0.1, 0.15) is 5.70 Å². The zero-order valence-corrected chi connectivity index (χ0v) is 19.3. The summed E-state index contributed by atoms with van der Waals surface area (Å²) in [6, 6.07) is 18.6. The molecule has 0 radical (unpaired) electrons. The van der Waals surface area contributed by atoms with Crippen LogP contribution in [0.15, 0.2) is 88.6 Å². The van der Waals surface area contributed by atoms with Gasteiger partial charge in [-0.3, -0.25) is 19.8 Å². The molecule has 2 aromatic carbocycles. The Morgan fingerprint density at radius 3 is 2.60 bits per heavy atom. The minimum Gasteiger partial charge on any atom is -0.326 e. The fourth-order valence-corrected chi connectivity index (χ4v) is 4.44. The number of aromatic nitrogens is 5. The molecule has 1 unspecified atom stereocenters. The SMILES string of the molecule is Cn1cc(-c2n[nH]c(C3=C4C=C(c5ccccc5)C(c5ccc(CN)cc5)=NC4CC=N3)n2)cn1. The maximum Gasteiger partial charge on any atom is 0.184 e. The van der Waals surface area contributed by atoms with Gasteiger partial charge in [0.25, 0.3) is 0 Å². The van der Waals surface area contributed by atoms with Crippen LogP contribution in [0.2, 0.25) is 0 Å². The first kappa shape index (κ1) is 21.1. The number of aromatic amines is 1. The van der Waals surface area contributed by atoms with Crippen LogP contribution >= 0.6 is 0 Å². The Balaban J connectivity index is 1.47. The lowest BCUT2D eigenvalue weighted by Gasteiger charge is -2.26. The molecule has 1 atom stereocenters. The zero-order valence-electron chi connectivity index (χ0n) is 19.3. The fourth-order valence-electron chi connectivity index (χ4n) is 4.44. The molecule has 2 aromatic heterocycles. The standard InChI is InChI=1S/C27H24N8/c1-35-16-20(15-30-35)26-32-27(34-33-26)25-22-13-21(18-5-3-2-4-6-18)24(31-23(22)11-12-29-25)19-9-7-17(14-28)8-10-19/h2-10,12-13,15-16,23H,11,14,28H2,1H3,(H,32,33,34). The van der Waals surface area contributed by atoms with E-state index >= 15 is 0 Å². The molecule has 172 valence electrons. The number of nitrogens with two attached hydrogens (primary N) is 1. The lowest BCUT2D eigenvalue weighted by atomic mass is 9.86. The molecule has 2 aliphatic rings. The molecule has 35 heavy (non-hydrogen) atoms. The number of nitrogens with zero attached hydrogens (tertiary/aromatic N) is 6. The third kappa shape index (κ3) is 3.94. The summed E-state index contributed by atoms with van der Waals surface area (Å²) in [6.07, 6.45) is 8.48. The number of benzene rings is 2. The third-order valence-corrected chi connectivity index (χ3v) is 6.24. The van der Waals surface area contributed by atoms with Crippen molar-refractivity contribution in [1.82, 2.24) is 25.0 Å². The Hall–Kier alpha value is -4.43. The van der Waals surface area contributed by atoms with Gasteiger partial charge in [0, 0.05) is 49.1 Å². The summed E-state index contributed by atoms with van der Waals surface area (Å²) in [5, 5.41) is 11.7. The van der Waals surface area contributed by atoms with Gasteiger partial charge in [-0.2, -0.15) is 10.2 Å². The zero-order chi connectivity index (χ0) is 23.8. The summed E-state index contributed by atoms with van der Waals surface area (Å²) in [6.45, 7) is 0.516. The van der Waals surface area contributed by atoms with E-state index in [4.69, 9.17) is 20.7 Å². The first-order valence-corrected chi connectivity index (χ1v) is 11.5. The number of dihydropyridines is 1. The summed E-state index contributed by atoms with van der Waals surface area (Å²) < 4.78 is 1.73. The quantitative estimate of drug-likeness (QED) is 0.472. The normalized spacial score (nSPS) is 17.3. The molecule has 0 fully saturated rings. The highest BCUT2D eigenvalue weighted by Gasteiger charge is 2.29. The number of allylic oxidation sites excluding steroid dienone is 1. The van der Waals surface area contributed by atoms with Gasteiger partial charge in [0.2, 0.25) is 0 Å². The molecule has 0 saturated carbocycles. The minimum absolute atomic E-state index is 0.0499. The average Bonchev–Trinajstić information content (AvgIpc) is 3.57. The van der Waals surface area contributed by atoms with Gasteiger partial charge in [-0.15, -0.1) is 0 Å². The number of hydrogen-bond donors (Lipinski definition) is 2. The Kier molecular flexibility index (Phi) is 5.27. The Morgan fingerprint density at radius 1 is 1.03 bits per heavy atom. The molecule has 8 nitrogen and oxygen atoms in total. The van der Waals surface area contributed by atoms with Crippen LogP contribution in [0.5, 0.6) is 0 Å². The van der Waals surface area contributed by atoms with Gasteiger partial charge in [-0.1, -0.05) is 54.6 Å². The monoisotopic (exact) mass is 460 g/mol. The van der Waals surface area contributed by atoms with E-state index in [-0.39, 0.29) is 6.04 Å². The third-order valence-electron chi connectivity index (χ3n) is 6.24. The molecule has 2 aliphatic heterocycles. The second-order valence-electron chi connectivity index (χ2n) is 8.58. The summed E-state index contributed by atoms with van der Waals surface area (Å²) >= 11 is 0. The minimum atomic E-state index is -0.0499. The number of nitrogens with one attached hydrogen (secondary N) is 1. The van der Waals surface area contributed by atoms with Crippen molar-refractivity contribution in [2.24, 2.45) is 22.8 Å². The second-order valence-corrected chi connectivity index (χ2v) is 8.58. The first-order chi connectivity index (χ1) is 17.2. The summed E-state index contributed by atoms with van der Waals surface area (Å²) in [5.74, 6) is 1.21. The number of aliphatic imine (C=N–C) groups is 2. The van der Waals surface area contributed by atoms with E-state index in [1.165, 1.54) is 0 Å². The van der Waals surface area contributed by atoms with Crippen molar-refractivity contribution in [3.05, 3.63) is 101 Å². The van der Waals surface area contributed by atoms with Crippen molar-refractivity contribution >= 4 is 23.2 Å².